The Morgan fingerprint density at radius 3 is 2.21 bits per heavy atom. The van der Waals surface area contributed by atoms with Crippen LogP contribution in [0.3, 0.4) is 0 Å². The van der Waals surface area contributed by atoms with Gasteiger partial charge < -0.3 is 10.4 Å². The predicted molar refractivity (Wildman–Crippen MR) is 109 cm³/mol. The number of amides is 1. The summed E-state index contributed by atoms with van der Waals surface area (Å²) < 4.78 is 13.2. The highest BCUT2D eigenvalue weighted by Gasteiger charge is 2.31. The first-order valence-corrected chi connectivity index (χ1v) is 9.82. The molecule has 1 saturated heterocycles. The van der Waals surface area contributed by atoms with E-state index in [1.54, 1.807) is 12.1 Å². The summed E-state index contributed by atoms with van der Waals surface area (Å²) in [6.45, 7) is 5.35. The standard InChI is InChI=1S/C22H28FN3O2/c1-2-20(16-27)25-12-14-26(15-13-25)21(17-6-4-3-5-7-17)22(28)24-19-10-8-18(23)9-11-19/h3-11,20-21,27H,2,12-16H2,1H3,(H,24,28)/t20-,21+/m0/s1. The van der Waals surface area contributed by atoms with E-state index in [1.807, 2.05) is 30.3 Å². The smallest absolute Gasteiger partial charge is 0.246 e. The number of aliphatic hydroxyl groups is 1. The number of hydrogen-bond acceptors (Lipinski definition) is 4. The monoisotopic (exact) mass is 385 g/mol. The van der Waals surface area contributed by atoms with Gasteiger partial charge in [-0.1, -0.05) is 37.3 Å². The molecule has 1 amide bonds. The summed E-state index contributed by atoms with van der Waals surface area (Å²) in [5.41, 5.74) is 1.52. The van der Waals surface area contributed by atoms with Crippen LogP contribution in [0.15, 0.2) is 54.6 Å². The Morgan fingerprint density at radius 1 is 1.04 bits per heavy atom. The second kappa shape index (κ2) is 9.78. The van der Waals surface area contributed by atoms with E-state index >= 15 is 0 Å². The normalized spacial score (nSPS) is 17.8. The lowest BCUT2D eigenvalue weighted by atomic mass is 10.0. The third-order valence-electron chi connectivity index (χ3n) is 5.39. The minimum atomic E-state index is -0.414. The van der Waals surface area contributed by atoms with E-state index in [9.17, 15) is 14.3 Å². The van der Waals surface area contributed by atoms with Crippen molar-refractivity contribution in [2.45, 2.75) is 25.4 Å². The zero-order valence-electron chi connectivity index (χ0n) is 16.2. The second-order valence-electron chi connectivity index (χ2n) is 7.13. The minimum absolute atomic E-state index is 0.125. The van der Waals surface area contributed by atoms with Gasteiger partial charge in [0.05, 0.1) is 6.61 Å². The largest absolute Gasteiger partial charge is 0.395 e. The second-order valence-corrected chi connectivity index (χ2v) is 7.13. The van der Waals surface area contributed by atoms with Crippen molar-refractivity contribution >= 4 is 11.6 Å². The van der Waals surface area contributed by atoms with Crippen molar-refractivity contribution in [1.82, 2.24) is 9.80 Å². The highest BCUT2D eigenvalue weighted by molar-refractivity contribution is 5.95. The van der Waals surface area contributed by atoms with Gasteiger partial charge in [0, 0.05) is 37.9 Å². The van der Waals surface area contributed by atoms with E-state index in [4.69, 9.17) is 0 Å². The van der Waals surface area contributed by atoms with Crippen LogP contribution in [0.4, 0.5) is 10.1 Å². The molecule has 0 unspecified atom stereocenters. The predicted octanol–water partition coefficient (Wildman–Crippen LogP) is 2.89. The molecule has 2 aromatic carbocycles. The van der Waals surface area contributed by atoms with Crippen LogP contribution >= 0.6 is 0 Å². The average molecular weight is 385 g/mol. The van der Waals surface area contributed by atoms with Crippen LogP contribution in [0.2, 0.25) is 0 Å². The molecule has 0 saturated carbocycles. The van der Waals surface area contributed by atoms with Crippen molar-refractivity contribution in [2.24, 2.45) is 0 Å². The maximum Gasteiger partial charge on any atom is 0.246 e. The summed E-state index contributed by atoms with van der Waals surface area (Å²) in [7, 11) is 0. The Hall–Kier alpha value is -2.28. The van der Waals surface area contributed by atoms with Crippen molar-refractivity contribution in [3.8, 4) is 0 Å². The topological polar surface area (TPSA) is 55.8 Å². The van der Waals surface area contributed by atoms with Crippen LogP contribution in [0.25, 0.3) is 0 Å². The third-order valence-corrected chi connectivity index (χ3v) is 5.39. The fraction of sp³-hybridized carbons (Fsp3) is 0.409. The molecule has 2 aromatic rings. The van der Waals surface area contributed by atoms with Gasteiger partial charge >= 0.3 is 0 Å². The van der Waals surface area contributed by atoms with Gasteiger partial charge in [-0.05, 0) is 36.2 Å². The fourth-order valence-corrected chi connectivity index (χ4v) is 3.77. The number of nitrogens with zero attached hydrogens (tertiary/aromatic N) is 2. The summed E-state index contributed by atoms with van der Waals surface area (Å²) in [6.07, 6.45) is 0.906. The van der Waals surface area contributed by atoms with Crippen LogP contribution < -0.4 is 5.32 Å². The molecule has 2 N–H and O–H groups in total. The summed E-state index contributed by atoms with van der Waals surface area (Å²) >= 11 is 0. The number of rotatable bonds is 7. The molecule has 1 aliphatic rings. The number of benzene rings is 2. The van der Waals surface area contributed by atoms with Crippen molar-refractivity contribution in [2.75, 3.05) is 38.1 Å². The van der Waals surface area contributed by atoms with Gasteiger partial charge in [0.1, 0.15) is 11.9 Å². The van der Waals surface area contributed by atoms with Gasteiger partial charge in [-0.25, -0.2) is 4.39 Å². The number of hydrogen-bond donors (Lipinski definition) is 2. The number of aliphatic hydroxyl groups excluding tert-OH is 1. The van der Waals surface area contributed by atoms with Crippen molar-refractivity contribution in [1.29, 1.82) is 0 Å². The zero-order valence-corrected chi connectivity index (χ0v) is 16.2. The minimum Gasteiger partial charge on any atom is -0.395 e. The summed E-state index contributed by atoms with van der Waals surface area (Å²) in [4.78, 5) is 17.6. The molecule has 0 spiro atoms. The Morgan fingerprint density at radius 2 is 1.64 bits per heavy atom. The maximum absolute atomic E-state index is 13.2. The molecule has 1 aliphatic heterocycles. The number of anilines is 1. The Bertz CT molecular complexity index is 742. The van der Waals surface area contributed by atoms with Crippen molar-refractivity contribution < 1.29 is 14.3 Å². The summed E-state index contributed by atoms with van der Waals surface area (Å²) in [5.74, 6) is -0.455. The molecule has 28 heavy (non-hydrogen) atoms. The van der Waals surface area contributed by atoms with E-state index in [0.29, 0.717) is 5.69 Å². The van der Waals surface area contributed by atoms with Gasteiger partial charge in [0.15, 0.2) is 0 Å². The van der Waals surface area contributed by atoms with Crippen LogP contribution in [-0.2, 0) is 4.79 Å². The van der Waals surface area contributed by atoms with E-state index in [-0.39, 0.29) is 24.4 Å². The lowest BCUT2D eigenvalue weighted by molar-refractivity contribution is -0.122. The Labute approximate surface area is 165 Å². The third kappa shape index (κ3) is 4.95. The highest BCUT2D eigenvalue weighted by atomic mass is 19.1. The molecule has 5 nitrogen and oxygen atoms in total. The quantitative estimate of drug-likeness (QED) is 0.770. The van der Waals surface area contributed by atoms with Gasteiger partial charge in [-0.3, -0.25) is 14.6 Å². The zero-order chi connectivity index (χ0) is 19.9. The van der Waals surface area contributed by atoms with Gasteiger partial charge in [0.25, 0.3) is 0 Å². The highest BCUT2D eigenvalue weighted by Crippen LogP contribution is 2.25. The molecule has 0 radical (unpaired) electrons. The van der Waals surface area contributed by atoms with Crippen molar-refractivity contribution in [3.63, 3.8) is 0 Å². The molecule has 1 fully saturated rings. The first-order chi connectivity index (χ1) is 13.6. The Balaban J connectivity index is 1.75. The first kappa shape index (κ1) is 20.5. The maximum atomic E-state index is 13.2. The first-order valence-electron chi connectivity index (χ1n) is 9.82. The molecule has 0 aromatic heterocycles. The molecule has 150 valence electrons. The molecule has 0 bridgehead atoms. The van der Waals surface area contributed by atoms with Crippen LogP contribution in [0.5, 0.6) is 0 Å². The summed E-state index contributed by atoms with van der Waals surface area (Å²) in [6, 6.07) is 15.3. The van der Waals surface area contributed by atoms with Gasteiger partial charge in [-0.15, -0.1) is 0 Å². The van der Waals surface area contributed by atoms with Gasteiger partial charge in [0.2, 0.25) is 5.91 Å². The number of piperazine rings is 1. The van der Waals surface area contributed by atoms with E-state index in [2.05, 4.69) is 22.0 Å². The fourth-order valence-electron chi connectivity index (χ4n) is 3.77. The Kier molecular flexibility index (Phi) is 7.14. The van der Waals surface area contributed by atoms with E-state index in [0.717, 1.165) is 38.2 Å². The molecule has 6 heteroatoms. The molecular formula is C22H28FN3O2. The number of carbonyl (C=O) groups is 1. The number of carbonyl (C=O) groups excluding carboxylic acids is 1. The van der Waals surface area contributed by atoms with Crippen LogP contribution in [0, 0.1) is 5.82 Å². The molecular weight excluding hydrogens is 357 g/mol. The van der Waals surface area contributed by atoms with Crippen molar-refractivity contribution in [3.05, 3.63) is 66.0 Å². The number of halogens is 1. The van der Waals surface area contributed by atoms with Gasteiger partial charge in [-0.2, -0.15) is 0 Å². The SMILES string of the molecule is CC[C@@H](CO)N1CCN([C@@H](C(=O)Nc2ccc(F)cc2)c2ccccc2)CC1. The molecule has 0 aliphatic carbocycles. The summed E-state index contributed by atoms with van der Waals surface area (Å²) in [5, 5.41) is 12.5. The van der Waals surface area contributed by atoms with E-state index in [1.165, 1.54) is 12.1 Å². The molecule has 3 rings (SSSR count). The number of nitrogens with one attached hydrogen (secondary N) is 1. The lowest BCUT2D eigenvalue weighted by Crippen LogP contribution is -2.53. The van der Waals surface area contributed by atoms with E-state index < -0.39 is 6.04 Å². The lowest BCUT2D eigenvalue weighted by Gasteiger charge is -2.41. The average Bonchev–Trinajstić information content (AvgIpc) is 2.73. The molecule has 2 atom stereocenters. The molecule has 1 heterocycles. The van der Waals surface area contributed by atoms with Crippen LogP contribution in [-0.4, -0.2) is 59.6 Å². The van der Waals surface area contributed by atoms with Crippen LogP contribution in [0.1, 0.15) is 24.9 Å².